The van der Waals surface area contributed by atoms with Crippen molar-refractivity contribution >= 4 is 123 Å². The van der Waals surface area contributed by atoms with Gasteiger partial charge in [-0.15, -0.1) is 0 Å². The molecule has 2 aliphatic rings. The quantitative estimate of drug-likeness (QED) is 0.149. The van der Waals surface area contributed by atoms with Gasteiger partial charge in [0.25, 0.3) is 6.71 Å². The fourth-order valence-electron chi connectivity index (χ4n) is 15.2. The van der Waals surface area contributed by atoms with E-state index in [0.29, 0.717) is 0 Å². The Bertz CT molecular complexity index is 5340. The zero-order valence-corrected chi connectivity index (χ0v) is 52.4. The topological polar surface area (TPSA) is 29.5 Å². The molecule has 2 aliphatic heterocycles. The van der Waals surface area contributed by atoms with E-state index < -0.39 is 0 Å². The summed E-state index contributed by atoms with van der Waals surface area (Å²) in [6, 6.07) is 107. The van der Waals surface area contributed by atoms with Crippen LogP contribution in [0.2, 0.25) is 0 Å². The molecule has 438 valence electrons. The van der Waals surface area contributed by atoms with Crippen LogP contribution < -0.4 is 26.2 Å². The highest BCUT2D eigenvalue weighted by atomic mass is 16.3. The van der Waals surface area contributed by atoms with Gasteiger partial charge in [-0.3, -0.25) is 0 Å². The van der Waals surface area contributed by atoms with Crippen LogP contribution in [0.25, 0.3) is 110 Å². The Balaban J connectivity index is 0.957. The molecule has 0 aliphatic carbocycles. The highest BCUT2D eigenvalue weighted by molar-refractivity contribution is 7.00. The fourth-order valence-corrected chi connectivity index (χ4v) is 15.2. The number of hydrogen-bond acceptors (Lipinski definition) is 3. The van der Waals surface area contributed by atoms with Crippen LogP contribution in [0.5, 0.6) is 0 Å². The summed E-state index contributed by atoms with van der Waals surface area (Å²) in [7, 11) is 0. The normalized spacial score (nSPS) is 13.0. The second-order valence-electron chi connectivity index (χ2n) is 27.3. The van der Waals surface area contributed by atoms with E-state index in [4.69, 9.17) is 4.42 Å². The molecular formula is C86H65BN4O. The summed E-state index contributed by atoms with van der Waals surface area (Å²) in [4.78, 5) is 5.18. The van der Waals surface area contributed by atoms with Crippen molar-refractivity contribution in [2.24, 2.45) is 0 Å². The van der Waals surface area contributed by atoms with Crippen molar-refractivity contribution < 1.29 is 4.42 Å². The van der Waals surface area contributed by atoms with E-state index in [1.807, 2.05) is 0 Å². The van der Waals surface area contributed by atoms with Crippen molar-refractivity contribution in [3.05, 3.63) is 296 Å². The van der Waals surface area contributed by atoms with Gasteiger partial charge in [0.05, 0.1) is 22.1 Å². The van der Waals surface area contributed by atoms with Crippen molar-refractivity contribution in [3.8, 4) is 44.8 Å². The number of rotatable bonds is 7. The Morgan fingerprint density at radius 3 is 1.12 bits per heavy atom. The molecule has 13 aromatic carbocycles. The number of anilines is 6. The minimum atomic E-state index is -0.195. The minimum Gasteiger partial charge on any atom is -0.456 e. The maximum Gasteiger partial charge on any atom is 0.252 e. The highest BCUT2D eigenvalue weighted by Gasteiger charge is 2.45. The Morgan fingerprint density at radius 1 is 0.272 bits per heavy atom. The van der Waals surface area contributed by atoms with Crippen LogP contribution in [0.3, 0.4) is 0 Å². The van der Waals surface area contributed by atoms with Gasteiger partial charge in [0.1, 0.15) is 11.2 Å². The lowest BCUT2D eigenvalue weighted by atomic mass is 9.33. The van der Waals surface area contributed by atoms with Crippen LogP contribution in [-0.4, -0.2) is 15.8 Å². The number of para-hydroxylation sites is 5. The molecule has 3 aromatic heterocycles. The van der Waals surface area contributed by atoms with E-state index in [2.05, 4.69) is 346 Å². The van der Waals surface area contributed by atoms with E-state index in [1.54, 1.807) is 0 Å². The molecule has 0 radical (unpaired) electrons. The molecule has 0 unspecified atom stereocenters. The molecule has 5 heterocycles. The van der Waals surface area contributed by atoms with Crippen molar-refractivity contribution in [2.75, 3.05) is 9.80 Å². The first-order valence-corrected chi connectivity index (χ1v) is 32.2. The van der Waals surface area contributed by atoms with Gasteiger partial charge >= 0.3 is 0 Å². The van der Waals surface area contributed by atoms with E-state index in [9.17, 15) is 0 Å². The molecule has 0 N–H and O–H groups in total. The summed E-state index contributed by atoms with van der Waals surface area (Å²) >= 11 is 0. The van der Waals surface area contributed by atoms with Crippen molar-refractivity contribution in [2.45, 2.75) is 52.4 Å². The SMILES string of the molecule is CC(C)(C)c1ccc(-c2ccc(N3c4cc5c(cc4B4c6cc7c8ccccc8n(-c8ccccc8)c7cc6N(c6ccc(-c7ccc(C(C)(C)C)cc7)cc6)c6cc(-c7ccc8oc9ccccc9c8c7)cc3c64)c3ccccc3n5-c3ccccc3)cc2)cc1. The largest absolute Gasteiger partial charge is 0.456 e. The Labute approximate surface area is 536 Å². The monoisotopic (exact) mass is 1180 g/mol. The third-order valence-electron chi connectivity index (χ3n) is 19.8. The van der Waals surface area contributed by atoms with Crippen LogP contribution in [0.15, 0.2) is 290 Å². The summed E-state index contributed by atoms with van der Waals surface area (Å²) < 4.78 is 11.5. The smallest absolute Gasteiger partial charge is 0.252 e. The van der Waals surface area contributed by atoms with Crippen molar-refractivity contribution in [3.63, 3.8) is 0 Å². The maximum absolute atomic E-state index is 6.53. The highest BCUT2D eigenvalue weighted by Crippen LogP contribution is 2.50. The zero-order chi connectivity index (χ0) is 61.7. The molecular weight excluding hydrogens is 1120 g/mol. The third kappa shape index (κ3) is 8.40. The van der Waals surface area contributed by atoms with Gasteiger partial charge in [0, 0.05) is 77.8 Å². The number of benzene rings is 13. The lowest BCUT2D eigenvalue weighted by molar-refractivity contribution is 0.590. The lowest BCUT2D eigenvalue weighted by Gasteiger charge is -2.44. The fraction of sp³-hybridized carbons (Fsp3) is 0.0930. The van der Waals surface area contributed by atoms with Gasteiger partial charge in [0.15, 0.2) is 0 Å². The van der Waals surface area contributed by atoms with Crippen molar-refractivity contribution in [1.29, 1.82) is 0 Å². The van der Waals surface area contributed by atoms with Crippen LogP contribution in [0.4, 0.5) is 34.1 Å². The Morgan fingerprint density at radius 2 is 0.663 bits per heavy atom. The first-order chi connectivity index (χ1) is 44.9. The average Bonchev–Trinajstić information content (AvgIpc) is 0.751. The second-order valence-corrected chi connectivity index (χ2v) is 27.3. The zero-order valence-electron chi connectivity index (χ0n) is 52.4. The average molecular weight is 1180 g/mol. The summed E-state index contributed by atoms with van der Waals surface area (Å²) in [5, 5.41) is 7.08. The molecule has 0 spiro atoms. The first kappa shape index (κ1) is 53.9. The number of nitrogens with zero attached hydrogens (tertiary/aromatic N) is 4. The molecule has 0 saturated heterocycles. The first-order valence-electron chi connectivity index (χ1n) is 32.2. The molecule has 0 atom stereocenters. The van der Waals surface area contributed by atoms with E-state index >= 15 is 0 Å². The summed E-state index contributed by atoms with van der Waals surface area (Å²) in [6.07, 6.45) is 0. The number of fused-ring (bicyclic) bond motifs is 13. The molecule has 18 rings (SSSR count). The van der Waals surface area contributed by atoms with Crippen LogP contribution in [0.1, 0.15) is 52.7 Å². The summed E-state index contributed by atoms with van der Waals surface area (Å²) in [5.41, 5.74) is 28.8. The van der Waals surface area contributed by atoms with Gasteiger partial charge in [0.2, 0.25) is 0 Å². The van der Waals surface area contributed by atoms with Gasteiger partial charge in [-0.25, -0.2) is 0 Å². The van der Waals surface area contributed by atoms with Gasteiger partial charge in [-0.05, 0) is 175 Å². The predicted molar refractivity (Wildman–Crippen MR) is 390 cm³/mol. The van der Waals surface area contributed by atoms with Crippen LogP contribution >= 0.6 is 0 Å². The molecule has 0 amide bonds. The predicted octanol–water partition coefficient (Wildman–Crippen LogP) is 21.5. The number of furan rings is 1. The van der Waals surface area contributed by atoms with Crippen LogP contribution in [-0.2, 0) is 10.8 Å². The molecule has 16 aromatic rings. The standard InChI is InChI=1S/C86H65BN4O/c1-85(2,3)60-38-29-54(30-39-60)56-33-42-64(43-34-56)90-78-52-76-69(66-23-13-16-26-74(66)88(76)62-19-9-7-10-20-62)50-72(78)87-73-51-70-67-24-14-17-27-75(67)89(63-21-11-8-12-22-63)77(70)53-79(73)91(65-44-35-57(36-45-65)55-31-40-61(41-32-55)86(4,5)6)81-49-59(48-80(90)84(81)87)58-37-46-83-71(47-58)68-25-15-18-28-82(68)92-83/h7-53H,1-6H3. The van der Waals surface area contributed by atoms with Gasteiger partial charge < -0.3 is 23.4 Å². The van der Waals surface area contributed by atoms with E-state index in [0.717, 1.165) is 89.6 Å². The molecule has 6 heteroatoms. The Kier molecular flexibility index (Phi) is 11.8. The number of aromatic nitrogens is 2. The molecule has 92 heavy (non-hydrogen) atoms. The van der Waals surface area contributed by atoms with E-state index in [-0.39, 0.29) is 17.5 Å². The van der Waals surface area contributed by atoms with E-state index in [1.165, 1.54) is 82.3 Å². The Hall–Kier alpha value is -11.1. The van der Waals surface area contributed by atoms with Crippen LogP contribution in [0, 0.1) is 0 Å². The van der Waals surface area contributed by atoms with Gasteiger partial charge in [-0.1, -0.05) is 224 Å². The summed E-state index contributed by atoms with van der Waals surface area (Å²) in [5.74, 6) is 0. The van der Waals surface area contributed by atoms with Gasteiger partial charge in [-0.2, -0.15) is 0 Å². The second kappa shape index (κ2) is 20.2. The lowest BCUT2D eigenvalue weighted by Crippen LogP contribution is -2.61. The molecule has 0 saturated carbocycles. The molecule has 0 bridgehead atoms. The van der Waals surface area contributed by atoms with Crippen molar-refractivity contribution in [1.82, 2.24) is 9.13 Å². The molecule has 0 fully saturated rings. The minimum absolute atomic E-state index is 0.0524. The molecule has 5 nitrogen and oxygen atoms in total. The maximum atomic E-state index is 6.53. The summed E-state index contributed by atoms with van der Waals surface area (Å²) in [6.45, 7) is 13.5. The number of hydrogen-bond donors (Lipinski definition) is 0. The third-order valence-corrected chi connectivity index (χ3v) is 19.8.